The van der Waals surface area contributed by atoms with Gasteiger partial charge in [0, 0.05) is 18.2 Å². The van der Waals surface area contributed by atoms with Crippen LogP contribution in [0.1, 0.15) is 32.1 Å². The second-order valence-corrected chi connectivity index (χ2v) is 6.64. The van der Waals surface area contributed by atoms with Crippen molar-refractivity contribution >= 4 is 22.7 Å². The van der Waals surface area contributed by atoms with Gasteiger partial charge in [-0.2, -0.15) is 0 Å². The summed E-state index contributed by atoms with van der Waals surface area (Å²) in [5.74, 6) is -0.418. The van der Waals surface area contributed by atoms with E-state index in [4.69, 9.17) is 0 Å². The number of ketones is 1. The van der Waals surface area contributed by atoms with E-state index >= 15 is 0 Å². The SMILES string of the molecule is Cn1c(CNC(=O)c2ccccc2C(=O)c2ccc(F)cc2)nc2ccccc21. The van der Waals surface area contributed by atoms with E-state index in [0.29, 0.717) is 11.4 Å². The maximum absolute atomic E-state index is 13.1. The maximum atomic E-state index is 13.1. The molecule has 0 unspecified atom stereocenters. The predicted molar refractivity (Wildman–Crippen MR) is 108 cm³/mol. The van der Waals surface area contributed by atoms with Crippen molar-refractivity contribution in [2.75, 3.05) is 0 Å². The molecule has 4 rings (SSSR count). The molecule has 0 aliphatic heterocycles. The van der Waals surface area contributed by atoms with Crippen molar-refractivity contribution in [2.45, 2.75) is 6.54 Å². The van der Waals surface area contributed by atoms with Crippen LogP contribution in [0.4, 0.5) is 4.39 Å². The fourth-order valence-electron chi connectivity index (χ4n) is 3.24. The first kappa shape index (κ1) is 18.6. The molecule has 5 nitrogen and oxygen atoms in total. The van der Waals surface area contributed by atoms with Gasteiger partial charge in [0.1, 0.15) is 11.6 Å². The molecule has 0 spiro atoms. The number of carbonyl (C=O) groups excluding carboxylic acids is 2. The zero-order valence-corrected chi connectivity index (χ0v) is 15.7. The van der Waals surface area contributed by atoms with Gasteiger partial charge in [-0.3, -0.25) is 9.59 Å². The fourth-order valence-corrected chi connectivity index (χ4v) is 3.24. The van der Waals surface area contributed by atoms with E-state index in [-0.39, 0.29) is 29.4 Å². The Bertz CT molecular complexity index is 1210. The zero-order valence-electron chi connectivity index (χ0n) is 15.7. The van der Waals surface area contributed by atoms with E-state index in [1.165, 1.54) is 24.3 Å². The van der Waals surface area contributed by atoms with Gasteiger partial charge < -0.3 is 9.88 Å². The molecule has 1 heterocycles. The van der Waals surface area contributed by atoms with Gasteiger partial charge in [0.25, 0.3) is 5.91 Å². The van der Waals surface area contributed by atoms with E-state index in [1.54, 1.807) is 24.3 Å². The highest BCUT2D eigenvalue weighted by Gasteiger charge is 2.18. The van der Waals surface area contributed by atoms with E-state index in [2.05, 4.69) is 10.3 Å². The highest BCUT2D eigenvalue weighted by atomic mass is 19.1. The van der Waals surface area contributed by atoms with E-state index in [9.17, 15) is 14.0 Å². The summed E-state index contributed by atoms with van der Waals surface area (Å²) in [6.07, 6.45) is 0. The van der Waals surface area contributed by atoms with Gasteiger partial charge >= 0.3 is 0 Å². The molecule has 0 fully saturated rings. The number of nitrogens with one attached hydrogen (secondary N) is 1. The predicted octanol–water partition coefficient (Wildman–Crippen LogP) is 3.87. The summed E-state index contributed by atoms with van der Waals surface area (Å²) in [7, 11) is 1.89. The van der Waals surface area contributed by atoms with Crippen LogP contribution < -0.4 is 5.32 Å². The van der Waals surface area contributed by atoms with Crippen LogP contribution in [0.15, 0.2) is 72.8 Å². The average molecular weight is 387 g/mol. The van der Waals surface area contributed by atoms with Crippen LogP contribution in [-0.2, 0) is 13.6 Å². The average Bonchev–Trinajstić information content (AvgIpc) is 3.08. The van der Waals surface area contributed by atoms with Gasteiger partial charge in [0.2, 0.25) is 0 Å². The van der Waals surface area contributed by atoms with Crippen LogP contribution in [0.5, 0.6) is 0 Å². The Hall–Kier alpha value is -3.80. The zero-order chi connectivity index (χ0) is 20.4. The molecular formula is C23H18FN3O2. The fraction of sp³-hybridized carbons (Fsp3) is 0.0870. The van der Waals surface area contributed by atoms with Gasteiger partial charge in [0.15, 0.2) is 5.78 Å². The van der Waals surface area contributed by atoms with Crippen molar-refractivity contribution in [1.29, 1.82) is 0 Å². The molecule has 3 aromatic carbocycles. The number of nitrogens with zero attached hydrogens (tertiary/aromatic N) is 2. The maximum Gasteiger partial charge on any atom is 0.252 e. The number of hydrogen-bond acceptors (Lipinski definition) is 3. The first-order valence-corrected chi connectivity index (χ1v) is 9.12. The third-order valence-corrected chi connectivity index (χ3v) is 4.81. The van der Waals surface area contributed by atoms with Crippen molar-refractivity contribution in [3.05, 3.63) is 101 Å². The normalized spacial score (nSPS) is 10.8. The van der Waals surface area contributed by atoms with Crippen LogP contribution in [0.2, 0.25) is 0 Å². The Morgan fingerprint density at radius 2 is 1.59 bits per heavy atom. The van der Waals surface area contributed by atoms with Crippen molar-refractivity contribution < 1.29 is 14.0 Å². The summed E-state index contributed by atoms with van der Waals surface area (Å²) in [6.45, 7) is 0.225. The van der Waals surface area contributed by atoms with Crippen LogP contribution >= 0.6 is 0 Å². The van der Waals surface area contributed by atoms with Crippen molar-refractivity contribution in [1.82, 2.24) is 14.9 Å². The second-order valence-electron chi connectivity index (χ2n) is 6.64. The van der Waals surface area contributed by atoms with Gasteiger partial charge in [0.05, 0.1) is 23.1 Å². The Labute approximate surface area is 166 Å². The van der Waals surface area contributed by atoms with Gasteiger partial charge in [-0.05, 0) is 42.5 Å². The van der Waals surface area contributed by atoms with Crippen molar-refractivity contribution in [2.24, 2.45) is 7.05 Å². The summed E-state index contributed by atoms with van der Waals surface area (Å²) in [5, 5.41) is 2.84. The highest BCUT2D eigenvalue weighted by Crippen LogP contribution is 2.17. The number of imidazole rings is 1. The number of aryl methyl sites for hydroxylation is 1. The summed E-state index contributed by atoms with van der Waals surface area (Å²) in [5.41, 5.74) is 2.68. The highest BCUT2D eigenvalue weighted by molar-refractivity contribution is 6.15. The molecule has 29 heavy (non-hydrogen) atoms. The molecule has 1 amide bonds. The number of fused-ring (bicyclic) bond motifs is 1. The van der Waals surface area contributed by atoms with Crippen molar-refractivity contribution in [3.63, 3.8) is 0 Å². The molecule has 4 aromatic rings. The number of hydrogen-bond donors (Lipinski definition) is 1. The Balaban J connectivity index is 1.57. The molecule has 0 saturated carbocycles. The Morgan fingerprint density at radius 3 is 2.31 bits per heavy atom. The molecule has 144 valence electrons. The number of halogens is 1. The lowest BCUT2D eigenvalue weighted by atomic mass is 9.98. The second kappa shape index (κ2) is 7.67. The number of para-hydroxylation sites is 2. The summed E-state index contributed by atoms with van der Waals surface area (Å²) in [4.78, 5) is 30.1. The third-order valence-electron chi connectivity index (χ3n) is 4.81. The van der Waals surface area contributed by atoms with Crippen LogP contribution in [0.3, 0.4) is 0 Å². The lowest BCUT2D eigenvalue weighted by Crippen LogP contribution is -2.26. The third kappa shape index (κ3) is 3.65. The minimum Gasteiger partial charge on any atom is -0.345 e. The molecule has 0 radical (unpaired) electrons. The number of amides is 1. The minimum absolute atomic E-state index is 0.225. The molecule has 1 N–H and O–H groups in total. The summed E-state index contributed by atoms with van der Waals surface area (Å²) < 4.78 is 15.1. The van der Waals surface area contributed by atoms with Crippen LogP contribution in [0.25, 0.3) is 11.0 Å². The largest absolute Gasteiger partial charge is 0.345 e. The Kier molecular flexibility index (Phi) is 4.91. The molecule has 6 heteroatoms. The number of benzene rings is 3. The van der Waals surface area contributed by atoms with Crippen molar-refractivity contribution in [3.8, 4) is 0 Å². The van der Waals surface area contributed by atoms with E-state index in [1.807, 2.05) is 35.9 Å². The summed E-state index contributed by atoms with van der Waals surface area (Å²) in [6, 6.07) is 19.6. The first-order chi connectivity index (χ1) is 14.0. The molecule has 0 aliphatic carbocycles. The quantitative estimate of drug-likeness (QED) is 0.529. The first-order valence-electron chi connectivity index (χ1n) is 9.12. The molecule has 0 atom stereocenters. The lowest BCUT2D eigenvalue weighted by molar-refractivity contribution is 0.0938. The van der Waals surface area contributed by atoms with Crippen LogP contribution in [0, 0.1) is 5.82 Å². The summed E-state index contributed by atoms with van der Waals surface area (Å²) >= 11 is 0. The molecule has 0 saturated heterocycles. The molecule has 0 aliphatic rings. The minimum atomic E-state index is -0.421. The standard InChI is InChI=1S/C23H18FN3O2/c1-27-20-9-5-4-8-19(20)26-21(27)14-25-23(29)18-7-3-2-6-17(18)22(28)15-10-12-16(24)13-11-15/h2-13H,14H2,1H3,(H,25,29). The smallest absolute Gasteiger partial charge is 0.252 e. The van der Waals surface area contributed by atoms with E-state index in [0.717, 1.165) is 11.0 Å². The molecule has 1 aromatic heterocycles. The van der Waals surface area contributed by atoms with Gasteiger partial charge in [-0.15, -0.1) is 0 Å². The molecular weight excluding hydrogens is 369 g/mol. The van der Waals surface area contributed by atoms with Gasteiger partial charge in [-0.1, -0.05) is 30.3 Å². The van der Waals surface area contributed by atoms with Gasteiger partial charge in [-0.25, -0.2) is 9.37 Å². The van der Waals surface area contributed by atoms with E-state index < -0.39 is 5.82 Å². The number of aromatic nitrogens is 2. The van der Waals surface area contributed by atoms with Crippen LogP contribution in [-0.4, -0.2) is 21.2 Å². The number of carbonyl (C=O) groups is 2. The monoisotopic (exact) mass is 387 g/mol. The lowest BCUT2D eigenvalue weighted by Gasteiger charge is -2.10. The number of rotatable bonds is 5. The topological polar surface area (TPSA) is 64.0 Å². The Morgan fingerprint density at radius 1 is 0.931 bits per heavy atom. The molecule has 0 bridgehead atoms.